The Morgan fingerprint density at radius 1 is 1.00 bits per heavy atom. The van der Waals surface area contributed by atoms with Gasteiger partial charge in [0.2, 0.25) is 0 Å². The molecule has 3 heteroatoms. The fraction of sp³-hybridized carbons (Fsp3) is 0.333. The van der Waals surface area contributed by atoms with Gasteiger partial charge in [0.25, 0.3) is 0 Å². The summed E-state index contributed by atoms with van der Waals surface area (Å²) in [5.41, 5.74) is 1.20. The zero-order valence-electron chi connectivity index (χ0n) is 10.8. The van der Waals surface area contributed by atoms with Gasteiger partial charge in [0.15, 0.2) is 0 Å². The summed E-state index contributed by atoms with van der Waals surface area (Å²) >= 11 is 0. The summed E-state index contributed by atoms with van der Waals surface area (Å²) in [7, 11) is 1.67. The molecule has 0 radical (unpaired) electrons. The Hall–Kier alpha value is -1.74. The van der Waals surface area contributed by atoms with Crippen molar-refractivity contribution in [2.75, 3.05) is 13.7 Å². The Labute approximate surface area is 107 Å². The van der Waals surface area contributed by atoms with Crippen molar-refractivity contribution in [2.45, 2.75) is 20.0 Å². The third-order valence-electron chi connectivity index (χ3n) is 2.70. The number of hydrogen-bond donors (Lipinski definition) is 0. The van der Waals surface area contributed by atoms with Crippen LogP contribution in [0.2, 0.25) is 0 Å². The quantitative estimate of drug-likeness (QED) is 0.782. The van der Waals surface area contributed by atoms with Crippen molar-refractivity contribution in [1.82, 2.24) is 0 Å². The van der Waals surface area contributed by atoms with E-state index in [1.54, 1.807) is 7.11 Å². The van der Waals surface area contributed by atoms with E-state index in [-0.39, 0.29) is 0 Å². The van der Waals surface area contributed by atoms with E-state index in [1.165, 1.54) is 5.56 Å². The van der Waals surface area contributed by atoms with Crippen LogP contribution < -0.4 is 4.74 Å². The van der Waals surface area contributed by atoms with Gasteiger partial charge >= 0.3 is 0 Å². The summed E-state index contributed by atoms with van der Waals surface area (Å²) in [4.78, 5) is 0. The van der Waals surface area contributed by atoms with Gasteiger partial charge in [0.05, 0.1) is 7.11 Å². The molecule has 1 aromatic carbocycles. The van der Waals surface area contributed by atoms with Crippen LogP contribution in [0.15, 0.2) is 40.8 Å². The minimum absolute atomic E-state index is 0.541. The lowest BCUT2D eigenvalue weighted by Crippen LogP contribution is -1.89. The lowest BCUT2D eigenvalue weighted by atomic mass is 10.1. The molecule has 0 fully saturated rings. The van der Waals surface area contributed by atoms with Gasteiger partial charge in [-0.2, -0.15) is 0 Å². The normalized spacial score (nSPS) is 10.6. The molecule has 0 aliphatic carbocycles. The molecular formula is C15H18O3. The molecule has 1 aromatic heterocycles. The van der Waals surface area contributed by atoms with Gasteiger partial charge in [-0.15, -0.1) is 0 Å². The Bertz CT molecular complexity index is 471. The lowest BCUT2D eigenvalue weighted by Gasteiger charge is -2.02. The fourth-order valence-corrected chi connectivity index (χ4v) is 1.74. The Morgan fingerprint density at radius 3 is 2.39 bits per heavy atom. The van der Waals surface area contributed by atoms with Crippen LogP contribution in [0.1, 0.15) is 24.0 Å². The smallest absolute Gasteiger partial charge is 0.129 e. The molecule has 2 rings (SSSR count). The second kappa shape index (κ2) is 6.26. The topological polar surface area (TPSA) is 31.6 Å². The molecule has 1 heterocycles. The van der Waals surface area contributed by atoms with Gasteiger partial charge in [0.1, 0.15) is 23.9 Å². The van der Waals surface area contributed by atoms with Crippen LogP contribution >= 0.6 is 0 Å². The van der Waals surface area contributed by atoms with Crippen molar-refractivity contribution in [3.05, 3.63) is 53.5 Å². The maximum Gasteiger partial charge on any atom is 0.129 e. The SMILES string of the molecule is CCOCc1ccc(Cc2ccc(OC)cc2)o1. The van der Waals surface area contributed by atoms with E-state index >= 15 is 0 Å². The molecule has 0 N–H and O–H groups in total. The third-order valence-corrected chi connectivity index (χ3v) is 2.70. The highest BCUT2D eigenvalue weighted by molar-refractivity contribution is 5.29. The minimum Gasteiger partial charge on any atom is -0.497 e. The van der Waals surface area contributed by atoms with E-state index in [0.29, 0.717) is 13.2 Å². The monoisotopic (exact) mass is 246 g/mol. The molecule has 0 saturated heterocycles. The largest absolute Gasteiger partial charge is 0.497 e. The molecule has 0 bridgehead atoms. The minimum atomic E-state index is 0.541. The van der Waals surface area contributed by atoms with Crippen LogP contribution in [0, 0.1) is 0 Å². The highest BCUT2D eigenvalue weighted by Crippen LogP contribution is 2.17. The van der Waals surface area contributed by atoms with Crippen LogP contribution in [0.5, 0.6) is 5.75 Å². The van der Waals surface area contributed by atoms with Gasteiger partial charge in [-0.3, -0.25) is 0 Å². The van der Waals surface area contributed by atoms with E-state index in [4.69, 9.17) is 13.9 Å². The first-order valence-corrected chi connectivity index (χ1v) is 6.10. The first-order chi connectivity index (χ1) is 8.81. The molecule has 2 aromatic rings. The predicted octanol–water partition coefficient (Wildman–Crippen LogP) is 3.42. The van der Waals surface area contributed by atoms with Crippen molar-refractivity contribution < 1.29 is 13.9 Å². The lowest BCUT2D eigenvalue weighted by molar-refractivity contribution is 0.117. The first kappa shape index (κ1) is 12.7. The molecule has 3 nitrogen and oxygen atoms in total. The number of benzene rings is 1. The van der Waals surface area contributed by atoms with Crippen LogP contribution in [-0.2, 0) is 17.8 Å². The molecule has 96 valence electrons. The number of rotatable bonds is 6. The van der Waals surface area contributed by atoms with E-state index in [1.807, 2.05) is 43.3 Å². The van der Waals surface area contributed by atoms with Gasteiger partial charge in [0, 0.05) is 13.0 Å². The predicted molar refractivity (Wildman–Crippen MR) is 69.8 cm³/mol. The highest BCUT2D eigenvalue weighted by atomic mass is 16.5. The van der Waals surface area contributed by atoms with Crippen LogP contribution in [0.4, 0.5) is 0 Å². The molecular weight excluding hydrogens is 228 g/mol. The molecule has 0 atom stereocenters. The van der Waals surface area contributed by atoms with E-state index < -0.39 is 0 Å². The third kappa shape index (κ3) is 3.37. The molecule has 0 spiro atoms. The summed E-state index contributed by atoms with van der Waals surface area (Å²) in [6.45, 7) is 3.22. The van der Waals surface area contributed by atoms with Gasteiger partial charge in [-0.1, -0.05) is 12.1 Å². The summed E-state index contributed by atoms with van der Waals surface area (Å²) in [5, 5.41) is 0. The van der Waals surface area contributed by atoms with Gasteiger partial charge in [-0.25, -0.2) is 0 Å². The number of furan rings is 1. The van der Waals surface area contributed by atoms with Crippen molar-refractivity contribution in [2.24, 2.45) is 0 Å². The Balaban J connectivity index is 1.97. The van der Waals surface area contributed by atoms with Crippen LogP contribution in [0.25, 0.3) is 0 Å². The molecule has 0 aliphatic rings. The summed E-state index contributed by atoms with van der Waals surface area (Å²) in [6, 6.07) is 12.0. The van der Waals surface area contributed by atoms with Crippen molar-refractivity contribution in [3.8, 4) is 5.75 Å². The number of methoxy groups -OCH3 is 1. The summed E-state index contributed by atoms with van der Waals surface area (Å²) < 4.78 is 16.1. The first-order valence-electron chi connectivity index (χ1n) is 6.10. The summed E-state index contributed by atoms with van der Waals surface area (Å²) in [5.74, 6) is 2.70. The fourth-order valence-electron chi connectivity index (χ4n) is 1.74. The maximum absolute atomic E-state index is 5.69. The van der Waals surface area contributed by atoms with Crippen molar-refractivity contribution >= 4 is 0 Å². The van der Waals surface area contributed by atoms with E-state index in [0.717, 1.165) is 23.7 Å². The van der Waals surface area contributed by atoms with Gasteiger partial charge < -0.3 is 13.9 Å². The number of hydrogen-bond acceptors (Lipinski definition) is 3. The molecule has 0 aliphatic heterocycles. The molecule has 0 saturated carbocycles. The average Bonchev–Trinajstić information content (AvgIpc) is 2.85. The zero-order chi connectivity index (χ0) is 12.8. The zero-order valence-corrected chi connectivity index (χ0v) is 10.8. The summed E-state index contributed by atoms with van der Waals surface area (Å²) in [6.07, 6.45) is 0.788. The average molecular weight is 246 g/mol. The second-order valence-electron chi connectivity index (χ2n) is 4.03. The van der Waals surface area contributed by atoms with Gasteiger partial charge in [-0.05, 0) is 36.8 Å². The number of ether oxygens (including phenoxy) is 2. The standard InChI is InChI=1S/C15H18O3/c1-3-17-11-15-9-8-14(18-15)10-12-4-6-13(16-2)7-5-12/h4-9H,3,10-11H2,1-2H3. The van der Waals surface area contributed by atoms with E-state index in [9.17, 15) is 0 Å². The van der Waals surface area contributed by atoms with Crippen LogP contribution in [0.3, 0.4) is 0 Å². The van der Waals surface area contributed by atoms with Crippen molar-refractivity contribution in [3.63, 3.8) is 0 Å². The van der Waals surface area contributed by atoms with E-state index in [2.05, 4.69) is 0 Å². The van der Waals surface area contributed by atoms with Crippen molar-refractivity contribution in [1.29, 1.82) is 0 Å². The maximum atomic E-state index is 5.69. The van der Waals surface area contributed by atoms with Crippen LogP contribution in [-0.4, -0.2) is 13.7 Å². The highest BCUT2D eigenvalue weighted by Gasteiger charge is 2.03. The molecule has 0 amide bonds. The Kier molecular flexibility index (Phi) is 4.42. The Morgan fingerprint density at radius 2 is 1.72 bits per heavy atom. The second-order valence-corrected chi connectivity index (χ2v) is 4.03. The molecule has 0 unspecified atom stereocenters. The molecule has 18 heavy (non-hydrogen) atoms.